The van der Waals surface area contributed by atoms with Crippen LogP contribution in [-0.2, 0) is 15.2 Å². The summed E-state index contributed by atoms with van der Waals surface area (Å²) in [6.07, 6.45) is -0.742. The van der Waals surface area contributed by atoms with E-state index in [0.717, 1.165) is 37.2 Å². The summed E-state index contributed by atoms with van der Waals surface area (Å²) in [7, 11) is 1.24. The molecule has 3 aromatic rings. The lowest BCUT2D eigenvalue weighted by molar-refractivity contribution is -0.189. The van der Waals surface area contributed by atoms with Crippen LogP contribution in [0.2, 0.25) is 0 Å². The normalized spacial score (nSPS) is 15.6. The number of nitrogens with one attached hydrogen (secondary N) is 2. The van der Waals surface area contributed by atoms with Crippen molar-refractivity contribution in [1.82, 2.24) is 5.32 Å². The Morgan fingerprint density at radius 3 is 2.32 bits per heavy atom. The number of amides is 1. The van der Waals surface area contributed by atoms with E-state index in [9.17, 15) is 22.8 Å². The van der Waals surface area contributed by atoms with E-state index >= 15 is 0 Å². The third-order valence-corrected chi connectivity index (χ3v) is 6.96. The standard InChI is InChI=1S/C31H31F3N2O5/c1-30(22-16-18-35-19-17-22,41-23-8-4-3-5-9-23)24-10-6-7-11-25(24)36-28(37)15-13-21-12-14-26(39-2)27(20-21)40-29(38)31(32,33)34/h3-15,20,22,35H,16-19H2,1-2H3,(H,36,37)/b15-13+. The zero-order valence-electron chi connectivity index (χ0n) is 22.7. The first-order valence-electron chi connectivity index (χ1n) is 13.1. The second-order valence-corrected chi connectivity index (χ2v) is 9.71. The second kappa shape index (κ2) is 12.9. The number of ether oxygens (including phenoxy) is 3. The van der Waals surface area contributed by atoms with Gasteiger partial charge in [-0.1, -0.05) is 42.5 Å². The van der Waals surface area contributed by atoms with E-state index in [2.05, 4.69) is 15.4 Å². The molecule has 2 N–H and O–H groups in total. The van der Waals surface area contributed by atoms with Crippen molar-refractivity contribution in [2.24, 2.45) is 5.92 Å². The van der Waals surface area contributed by atoms with Crippen molar-refractivity contribution in [2.45, 2.75) is 31.5 Å². The quantitative estimate of drug-likeness (QED) is 0.184. The van der Waals surface area contributed by atoms with Gasteiger partial charge in [-0.2, -0.15) is 13.2 Å². The first-order valence-corrected chi connectivity index (χ1v) is 13.1. The Kier molecular flexibility index (Phi) is 9.34. The van der Waals surface area contributed by atoms with E-state index in [1.807, 2.05) is 55.5 Å². The van der Waals surface area contributed by atoms with Gasteiger partial charge in [-0.05, 0) is 74.8 Å². The van der Waals surface area contributed by atoms with Gasteiger partial charge in [-0.25, -0.2) is 4.79 Å². The number of para-hydroxylation sites is 2. The fourth-order valence-corrected chi connectivity index (χ4v) is 4.87. The van der Waals surface area contributed by atoms with Gasteiger partial charge in [-0.3, -0.25) is 4.79 Å². The number of halogens is 3. The molecule has 10 heteroatoms. The molecule has 3 aromatic carbocycles. The lowest BCUT2D eigenvalue weighted by Crippen LogP contribution is -2.44. The van der Waals surface area contributed by atoms with E-state index < -0.39 is 29.4 Å². The molecule has 7 nitrogen and oxygen atoms in total. The molecule has 0 aliphatic carbocycles. The fourth-order valence-electron chi connectivity index (χ4n) is 4.87. The van der Waals surface area contributed by atoms with Crippen LogP contribution in [0.1, 0.15) is 30.9 Å². The van der Waals surface area contributed by atoms with Crippen molar-refractivity contribution in [3.05, 3.63) is 90.0 Å². The van der Waals surface area contributed by atoms with Crippen molar-refractivity contribution in [1.29, 1.82) is 0 Å². The minimum absolute atomic E-state index is 0.0613. The highest BCUT2D eigenvalue weighted by molar-refractivity contribution is 6.02. The maximum Gasteiger partial charge on any atom is 0.491 e. The van der Waals surface area contributed by atoms with Crippen LogP contribution in [0.3, 0.4) is 0 Å². The number of hydrogen-bond acceptors (Lipinski definition) is 6. The minimum atomic E-state index is -5.17. The van der Waals surface area contributed by atoms with Gasteiger partial charge in [0, 0.05) is 23.2 Å². The van der Waals surface area contributed by atoms with Crippen molar-refractivity contribution in [2.75, 3.05) is 25.5 Å². The first kappa shape index (κ1) is 29.7. The molecule has 0 spiro atoms. The second-order valence-electron chi connectivity index (χ2n) is 9.71. The van der Waals surface area contributed by atoms with Crippen molar-refractivity contribution in [3.63, 3.8) is 0 Å². The smallest absolute Gasteiger partial charge is 0.491 e. The average molecular weight is 569 g/mol. The predicted octanol–water partition coefficient (Wildman–Crippen LogP) is 6.11. The van der Waals surface area contributed by atoms with Crippen LogP contribution in [0.5, 0.6) is 17.2 Å². The van der Waals surface area contributed by atoms with Gasteiger partial charge >= 0.3 is 12.1 Å². The maximum atomic E-state index is 13.0. The number of alkyl halides is 3. The number of piperidine rings is 1. The molecule has 1 aliphatic rings. The molecule has 216 valence electrons. The lowest BCUT2D eigenvalue weighted by atomic mass is 9.76. The lowest BCUT2D eigenvalue weighted by Gasteiger charge is -2.41. The molecule has 41 heavy (non-hydrogen) atoms. The van der Waals surface area contributed by atoms with Crippen LogP contribution in [0.15, 0.2) is 78.9 Å². The summed E-state index contributed by atoms with van der Waals surface area (Å²) in [5.74, 6) is -2.42. The third-order valence-electron chi connectivity index (χ3n) is 6.96. The highest BCUT2D eigenvalue weighted by atomic mass is 19.4. The van der Waals surface area contributed by atoms with Gasteiger partial charge in [0.25, 0.3) is 0 Å². The zero-order valence-corrected chi connectivity index (χ0v) is 22.7. The number of carbonyl (C=O) groups is 2. The van der Waals surface area contributed by atoms with Gasteiger partial charge in [-0.15, -0.1) is 0 Å². The average Bonchev–Trinajstić information content (AvgIpc) is 2.97. The third kappa shape index (κ3) is 7.46. The highest BCUT2D eigenvalue weighted by Gasteiger charge is 2.42. The topological polar surface area (TPSA) is 85.9 Å². The molecule has 0 radical (unpaired) electrons. The Morgan fingerprint density at radius 2 is 1.63 bits per heavy atom. The Labute approximate surface area is 236 Å². The number of anilines is 1. The van der Waals surface area contributed by atoms with E-state index in [1.165, 1.54) is 37.5 Å². The Hall–Kier alpha value is -4.31. The van der Waals surface area contributed by atoms with Gasteiger partial charge in [0.15, 0.2) is 11.5 Å². The van der Waals surface area contributed by atoms with Crippen molar-refractivity contribution in [3.8, 4) is 17.2 Å². The van der Waals surface area contributed by atoms with Crippen LogP contribution in [-0.4, -0.2) is 38.3 Å². The SMILES string of the molecule is COc1ccc(/C=C/C(=O)Nc2ccccc2C(C)(Oc2ccccc2)C2CCNCC2)cc1OC(=O)C(F)(F)F. The monoisotopic (exact) mass is 568 g/mol. The van der Waals surface area contributed by atoms with Crippen LogP contribution < -0.4 is 24.8 Å². The van der Waals surface area contributed by atoms with Crippen LogP contribution in [0.4, 0.5) is 18.9 Å². The summed E-state index contributed by atoms with van der Waals surface area (Å²) in [6.45, 7) is 3.76. The molecule has 1 amide bonds. The molecule has 0 aromatic heterocycles. The molecular formula is C31H31F3N2O5. The molecule has 0 saturated carbocycles. The van der Waals surface area contributed by atoms with Crippen molar-refractivity contribution < 1.29 is 37.0 Å². The molecule has 1 saturated heterocycles. The summed E-state index contributed by atoms with van der Waals surface area (Å²) >= 11 is 0. The van der Waals surface area contributed by atoms with Crippen LogP contribution >= 0.6 is 0 Å². The van der Waals surface area contributed by atoms with E-state index in [-0.39, 0.29) is 11.7 Å². The number of benzene rings is 3. The Balaban J connectivity index is 1.57. The van der Waals surface area contributed by atoms with Crippen molar-refractivity contribution >= 4 is 23.6 Å². The molecule has 1 aliphatic heterocycles. The summed E-state index contributed by atoms with van der Waals surface area (Å²) in [4.78, 5) is 24.3. The zero-order chi connectivity index (χ0) is 29.5. The summed E-state index contributed by atoms with van der Waals surface area (Å²) in [5, 5.41) is 6.30. The first-order chi connectivity index (χ1) is 19.6. The summed E-state index contributed by atoms with van der Waals surface area (Å²) < 4.78 is 54.2. The van der Waals surface area contributed by atoms with E-state index in [1.54, 1.807) is 6.07 Å². The number of methoxy groups -OCH3 is 1. The maximum absolute atomic E-state index is 13.0. The minimum Gasteiger partial charge on any atom is -0.493 e. The Morgan fingerprint density at radius 1 is 0.951 bits per heavy atom. The summed E-state index contributed by atoms with van der Waals surface area (Å²) in [6, 6.07) is 21.0. The molecule has 0 bridgehead atoms. The molecule has 1 atom stereocenters. The number of esters is 1. The molecule has 1 heterocycles. The summed E-state index contributed by atoms with van der Waals surface area (Å²) in [5.41, 5.74) is 0.979. The van der Waals surface area contributed by atoms with Crippen LogP contribution in [0, 0.1) is 5.92 Å². The highest BCUT2D eigenvalue weighted by Crippen LogP contribution is 2.42. The number of carbonyl (C=O) groups excluding carboxylic acids is 2. The molecule has 1 unspecified atom stereocenters. The number of rotatable bonds is 9. The van der Waals surface area contributed by atoms with E-state index in [4.69, 9.17) is 9.47 Å². The van der Waals surface area contributed by atoms with E-state index in [0.29, 0.717) is 11.3 Å². The van der Waals surface area contributed by atoms with Gasteiger partial charge < -0.3 is 24.8 Å². The van der Waals surface area contributed by atoms with Gasteiger partial charge in [0.1, 0.15) is 11.4 Å². The van der Waals surface area contributed by atoms with Crippen LogP contribution in [0.25, 0.3) is 6.08 Å². The molecule has 4 rings (SSSR count). The predicted molar refractivity (Wildman–Crippen MR) is 149 cm³/mol. The van der Waals surface area contributed by atoms with Gasteiger partial charge in [0.05, 0.1) is 7.11 Å². The number of hydrogen-bond donors (Lipinski definition) is 2. The largest absolute Gasteiger partial charge is 0.493 e. The molecule has 1 fully saturated rings. The van der Waals surface area contributed by atoms with Gasteiger partial charge in [0.2, 0.25) is 5.91 Å². The fraction of sp³-hybridized carbons (Fsp3) is 0.290. The molecular weight excluding hydrogens is 537 g/mol. The Bertz CT molecular complexity index is 1390.